The van der Waals surface area contributed by atoms with Gasteiger partial charge >= 0.3 is 0 Å². The Morgan fingerprint density at radius 2 is 2.11 bits per heavy atom. The quantitative estimate of drug-likeness (QED) is 0.827. The summed E-state index contributed by atoms with van der Waals surface area (Å²) in [5.41, 5.74) is 0.303. The van der Waals surface area contributed by atoms with Crippen LogP contribution in [0.25, 0.3) is 0 Å². The lowest BCUT2D eigenvalue weighted by Crippen LogP contribution is -2.44. The van der Waals surface area contributed by atoms with Crippen LogP contribution in [0.1, 0.15) is 36.0 Å². The molecule has 3 nitrogen and oxygen atoms in total. The van der Waals surface area contributed by atoms with E-state index in [0.29, 0.717) is 15.4 Å². The maximum Gasteiger partial charge on any atom is 0.257 e. The van der Waals surface area contributed by atoms with E-state index < -0.39 is 0 Å². The van der Waals surface area contributed by atoms with E-state index in [2.05, 4.69) is 15.9 Å². The Hall–Kier alpha value is -0.740. The van der Waals surface area contributed by atoms with Crippen molar-refractivity contribution in [1.82, 2.24) is 4.90 Å². The van der Waals surface area contributed by atoms with Crippen LogP contribution in [0, 0.1) is 0 Å². The highest BCUT2D eigenvalue weighted by Crippen LogP contribution is 2.30. The zero-order chi connectivity index (χ0) is 14.0. The van der Waals surface area contributed by atoms with Crippen molar-refractivity contribution in [3.8, 4) is 5.75 Å². The summed E-state index contributed by atoms with van der Waals surface area (Å²) in [5.74, 6) is -0.225. The number of aromatic hydroxyl groups is 1. The number of amides is 1. The van der Waals surface area contributed by atoms with Crippen molar-refractivity contribution in [1.29, 1.82) is 0 Å². The molecule has 0 bridgehead atoms. The topological polar surface area (TPSA) is 40.5 Å². The van der Waals surface area contributed by atoms with Gasteiger partial charge in [0.15, 0.2) is 0 Å². The fourth-order valence-electron chi connectivity index (χ4n) is 2.53. The average Bonchev–Trinajstić information content (AvgIpc) is 2.38. The first kappa shape index (κ1) is 14.7. The first-order chi connectivity index (χ1) is 9.00. The van der Waals surface area contributed by atoms with E-state index in [1.165, 1.54) is 12.5 Å². The van der Waals surface area contributed by atoms with Gasteiger partial charge in [-0.05, 0) is 31.0 Å². The maximum atomic E-state index is 12.4. The van der Waals surface area contributed by atoms with Crippen LogP contribution < -0.4 is 0 Å². The molecule has 1 fully saturated rings. The highest BCUT2D eigenvalue weighted by Gasteiger charge is 2.30. The lowest BCUT2D eigenvalue weighted by molar-refractivity contribution is 0.0702. The summed E-state index contributed by atoms with van der Waals surface area (Å²) in [6.45, 7) is 0. The number of rotatable bonds is 2. The fourth-order valence-corrected chi connectivity index (χ4v) is 3.64. The van der Waals surface area contributed by atoms with Gasteiger partial charge in [-0.3, -0.25) is 4.79 Å². The number of carbonyl (C=O) groups excluding carboxylic acids is 1. The number of phenols is 1. The molecule has 2 unspecified atom stereocenters. The Balaban J connectivity index is 2.18. The summed E-state index contributed by atoms with van der Waals surface area (Å²) < 4.78 is 0. The van der Waals surface area contributed by atoms with Crippen LogP contribution in [0.2, 0.25) is 5.02 Å². The van der Waals surface area contributed by atoms with Crippen molar-refractivity contribution in [2.45, 2.75) is 36.6 Å². The molecule has 0 aromatic heterocycles. The van der Waals surface area contributed by atoms with Gasteiger partial charge < -0.3 is 10.0 Å². The first-order valence-electron chi connectivity index (χ1n) is 6.40. The van der Waals surface area contributed by atoms with Gasteiger partial charge in [0.05, 0.1) is 5.56 Å². The summed E-state index contributed by atoms with van der Waals surface area (Å²) in [6.07, 6.45) is 4.40. The minimum Gasteiger partial charge on any atom is -0.507 e. The number of alkyl halides is 1. The van der Waals surface area contributed by atoms with Gasteiger partial charge in [0.1, 0.15) is 5.75 Å². The van der Waals surface area contributed by atoms with E-state index in [1.807, 2.05) is 0 Å². The van der Waals surface area contributed by atoms with Crippen LogP contribution in [-0.4, -0.2) is 33.8 Å². The van der Waals surface area contributed by atoms with E-state index in [0.717, 1.165) is 19.3 Å². The van der Waals surface area contributed by atoms with Crippen molar-refractivity contribution in [2.24, 2.45) is 0 Å². The van der Waals surface area contributed by atoms with Crippen molar-refractivity contribution >= 4 is 33.4 Å². The maximum absolute atomic E-state index is 12.4. The van der Waals surface area contributed by atoms with Crippen molar-refractivity contribution in [2.75, 3.05) is 7.05 Å². The number of halogens is 2. The van der Waals surface area contributed by atoms with Crippen LogP contribution in [0.3, 0.4) is 0 Å². The summed E-state index contributed by atoms with van der Waals surface area (Å²) >= 11 is 9.43. The van der Waals surface area contributed by atoms with Gasteiger partial charge in [-0.1, -0.05) is 40.4 Å². The first-order valence-corrected chi connectivity index (χ1v) is 7.70. The Morgan fingerprint density at radius 1 is 1.42 bits per heavy atom. The third-order valence-electron chi connectivity index (χ3n) is 3.66. The molecule has 5 heteroatoms. The highest BCUT2D eigenvalue weighted by molar-refractivity contribution is 9.09. The molecule has 2 atom stereocenters. The molecule has 0 spiro atoms. The number of nitrogens with zero attached hydrogens (tertiary/aromatic N) is 1. The molecule has 1 aromatic carbocycles. The van der Waals surface area contributed by atoms with E-state index in [4.69, 9.17) is 11.6 Å². The lowest BCUT2D eigenvalue weighted by Gasteiger charge is -2.35. The van der Waals surface area contributed by atoms with E-state index in [1.54, 1.807) is 24.1 Å². The second kappa shape index (κ2) is 6.14. The summed E-state index contributed by atoms with van der Waals surface area (Å²) in [4.78, 5) is 14.5. The Morgan fingerprint density at radius 3 is 2.74 bits per heavy atom. The van der Waals surface area contributed by atoms with Gasteiger partial charge in [-0.15, -0.1) is 0 Å². The lowest BCUT2D eigenvalue weighted by atomic mass is 9.94. The zero-order valence-electron chi connectivity index (χ0n) is 10.8. The summed E-state index contributed by atoms with van der Waals surface area (Å²) in [6, 6.07) is 4.77. The molecule has 1 aliphatic carbocycles. The smallest absolute Gasteiger partial charge is 0.257 e. The van der Waals surface area contributed by atoms with Crippen molar-refractivity contribution in [3.05, 3.63) is 28.8 Å². The molecule has 0 heterocycles. The average molecular weight is 347 g/mol. The molecule has 1 amide bonds. The molecule has 104 valence electrons. The van der Waals surface area contributed by atoms with Crippen LogP contribution in [-0.2, 0) is 0 Å². The van der Waals surface area contributed by atoms with Gasteiger partial charge in [0, 0.05) is 22.9 Å². The number of hydrogen-bond donors (Lipinski definition) is 1. The van der Waals surface area contributed by atoms with Crippen molar-refractivity contribution < 1.29 is 9.90 Å². The predicted molar refractivity (Wildman–Crippen MR) is 80.2 cm³/mol. The number of phenolic OH excluding ortho intramolecular Hbond substituents is 1. The molecule has 1 N–H and O–H groups in total. The highest BCUT2D eigenvalue weighted by atomic mass is 79.9. The Bertz CT molecular complexity index is 481. The zero-order valence-corrected chi connectivity index (χ0v) is 13.1. The summed E-state index contributed by atoms with van der Waals surface area (Å²) in [5, 5.41) is 10.3. The fraction of sp³-hybridized carbons (Fsp3) is 0.500. The third-order valence-corrected chi connectivity index (χ3v) is 4.96. The molecule has 0 radical (unpaired) electrons. The standard InChI is InChI=1S/C14H17BrClNO2/c1-17(12-5-3-2-4-11(12)15)14(19)10-7-6-9(16)8-13(10)18/h6-8,11-12,18H,2-5H2,1H3. The molecular weight excluding hydrogens is 330 g/mol. The molecule has 1 aromatic rings. The largest absolute Gasteiger partial charge is 0.507 e. The van der Waals surface area contributed by atoms with E-state index in [-0.39, 0.29) is 17.7 Å². The SMILES string of the molecule is CN(C(=O)c1ccc(Cl)cc1O)C1CCCCC1Br. The summed E-state index contributed by atoms with van der Waals surface area (Å²) in [7, 11) is 1.79. The van der Waals surface area contributed by atoms with Crippen LogP contribution in [0.5, 0.6) is 5.75 Å². The Labute approximate surface area is 126 Å². The molecule has 1 saturated carbocycles. The number of benzene rings is 1. The van der Waals surface area contributed by atoms with Crippen LogP contribution in [0.15, 0.2) is 18.2 Å². The molecule has 2 rings (SSSR count). The minimum atomic E-state index is -0.162. The molecule has 0 aliphatic heterocycles. The van der Waals surface area contributed by atoms with Crippen LogP contribution in [0.4, 0.5) is 0 Å². The molecule has 0 saturated heterocycles. The number of carbonyl (C=O) groups is 1. The third kappa shape index (κ3) is 3.23. The monoisotopic (exact) mass is 345 g/mol. The second-order valence-corrected chi connectivity index (χ2v) is 6.56. The van der Waals surface area contributed by atoms with Gasteiger partial charge in [0.25, 0.3) is 5.91 Å². The van der Waals surface area contributed by atoms with Gasteiger partial charge in [0.2, 0.25) is 0 Å². The van der Waals surface area contributed by atoms with E-state index >= 15 is 0 Å². The normalized spacial score (nSPS) is 23.1. The molecule has 1 aliphatic rings. The second-order valence-electron chi connectivity index (χ2n) is 4.95. The minimum absolute atomic E-state index is 0.0636. The molecule has 19 heavy (non-hydrogen) atoms. The predicted octanol–water partition coefficient (Wildman–Crippen LogP) is 3.82. The van der Waals surface area contributed by atoms with E-state index in [9.17, 15) is 9.90 Å². The molecular formula is C14H17BrClNO2. The van der Waals surface area contributed by atoms with Gasteiger partial charge in [-0.2, -0.15) is 0 Å². The van der Waals surface area contributed by atoms with Gasteiger partial charge in [-0.25, -0.2) is 0 Å². The van der Waals surface area contributed by atoms with Crippen molar-refractivity contribution in [3.63, 3.8) is 0 Å². The van der Waals surface area contributed by atoms with Crippen LogP contribution >= 0.6 is 27.5 Å². The Kier molecular flexibility index (Phi) is 4.74. The number of hydrogen-bond acceptors (Lipinski definition) is 2.